The van der Waals surface area contributed by atoms with Crippen molar-refractivity contribution in [2.24, 2.45) is 0 Å². The molecule has 0 aromatic rings. The van der Waals surface area contributed by atoms with Crippen LogP contribution in [0, 0.1) is 0 Å². The lowest BCUT2D eigenvalue weighted by Gasteiger charge is -2.13. The van der Waals surface area contributed by atoms with Gasteiger partial charge in [0, 0.05) is 18.5 Å². The largest absolute Gasteiger partial charge is 0.550 e. The van der Waals surface area contributed by atoms with Crippen molar-refractivity contribution in [1.82, 2.24) is 0 Å². The first kappa shape index (κ1) is 15.9. The van der Waals surface area contributed by atoms with E-state index < -0.39 is 5.97 Å². The first-order chi connectivity index (χ1) is 8.11. The van der Waals surface area contributed by atoms with E-state index in [1.165, 1.54) is 38.6 Å². The molecule has 1 rings (SSSR count). The Hall–Kier alpha value is -1.09. The van der Waals surface area contributed by atoms with Gasteiger partial charge in [0.2, 0.25) is 0 Å². The lowest BCUT2D eigenvalue weighted by atomic mass is 10.2. The smallest absolute Gasteiger partial charge is 0.112 e. The van der Waals surface area contributed by atoms with Gasteiger partial charge in [-0.1, -0.05) is 26.7 Å². The molecule has 0 fully saturated rings. The molecule has 98 valence electrons. The Morgan fingerprint density at radius 1 is 1.29 bits per heavy atom. The molecule has 3 nitrogen and oxygen atoms in total. The van der Waals surface area contributed by atoms with Gasteiger partial charge >= 0.3 is 0 Å². The minimum absolute atomic E-state index is 0.972. The summed E-state index contributed by atoms with van der Waals surface area (Å²) in [6, 6.07) is 0. The van der Waals surface area contributed by atoms with Gasteiger partial charge in [0.15, 0.2) is 0 Å². The number of unbranched alkanes of at least 4 members (excludes halogenated alkanes) is 2. The van der Waals surface area contributed by atoms with Gasteiger partial charge in [-0.05, 0) is 25.8 Å². The molecule has 0 amide bonds. The van der Waals surface area contributed by atoms with Crippen molar-refractivity contribution in [3.8, 4) is 0 Å². The molecule has 0 aliphatic carbocycles. The molecule has 0 bridgehead atoms. The molecule has 0 saturated carbocycles. The molecule has 0 aromatic carbocycles. The van der Waals surface area contributed by atoms with Gasteiger partial charge in [-0.15, -0.1) is 0 Å². The van der Waals surface area contributed by atoms with Crippen LogP contribution in [0.15, 0.2) is 24.0 Å². The summed E-state index contributed by atoms with van der Waals surface area (Å²) in [5, 5.41) is 8.89. The van der Waals surface area contributed by atoms with Crippen molar-refractivity contribution < 1.29 is 14.8 Å². The Morgan fingerprint density at radius 3 is 2.41 bits per heavy atom. The quantitative estimate of drug-likeness (QED) is 0.752. The normalized spacial score (nSPS) is 17.4. The Balaban J connectivity index is 0.000000557. The van der Waals surface area contributed by atoms with Crippen LogP contribution >= 0.6 is 0 Å². The molecule has 0 saturated heterocycles. The topological polar surface area (TPSA) is 44.6 Å². The molecule has 1 aliphatic rings. The summed E-state index contributed by atoms with van der Waals surface area (Å²) >= 11 is 0. The number of hydrogen-bond donors (Lipinski definition) is 1. The summed E-state index contributed by atoms with van der Waals surface area (Å²) in [6.45, 7) is 6.77. The van der Waals surface area contributed by atoms with Crippen LogP contribution in [0.25, 0.3) is 0 Å². The van der Waals surface area contributed by atoms with Crippen LogP contribution in [0.2, 0.25) is 0 Å². The van der Waals surface area contributed by atoms with Crippen molar-refractivity contribution in [2.75, 3.05) is 6.54 Å². The zero-order chi connectivity index (χ0) is 13.1. The zero-order valence-corrected chi connectivity index (χ0v) is 11.3. The minimum atomic E-state index is -1.08. The fourth-order valence-electron chi connectivity index (χ4n) is 1.72. The first-order valence-corrected chi connectivity index (χ1v) is 6.52. The van der Waals surface area contributed by atoms with Crippen LogP contribution < -0.4 is 10.0 Å². The number of nitrogens with one attached hydrogen (secondary N) is 1. The molecule has 1 heterocycles. The van der Waals surface area contributed by atoms with Gasteiger partial charge in [0.05, 0.1) is 12.7 Å². The summed E-state index contributed by atoms with van der Waals surface area (Å²) in [4.78, 5) is 10.5. The molecule has 0 spiro atoms. The Morgan fingerprint density at radius 2 is 1.88 bits per heavy atom. The van der Waals surface area contributed by atoms with Crippen molar-refractivity contribution in [3.63, 3.8) is 0 Å². The molecule has 1 aliphatic heterocycles. The number of rotatable bonds is 6. The first-order valence-electron chi connectivity index (χ1n) is 6.52. The lowest BCUT2D eigenvalue weighted by Crippen LogP contribution is -3.04. The lowest BCUT2D eigenvalue weighted by molar-refractivity contribution is -0.804. The van der Waals surface area contributed by atoms with Crippen molar-refractivity contribution in [2.45, 2.75) is 52.9 Å². The molecule has 3 heteroatoms. The average molecular weight is 239 g/mol. The number of hydrogen-bond acceptors (Lipinski definition) is 2. The van der Waals surface area contributed by atoms with E-state index in [1.807, 2.05) is 0 Å². The molecule has 17 heavy (non-hydrogen) atoms. The molecular formula is C14H25NO2. The molecule has 0 aromatic heterocycles. The summed E-state index contributed by atoms with van der Waals surface area (Å²) in [5.41, 5.74) is 1.59. The number of carboxylic acid groups (broad SMARTS) is 1. The third-order valence-corrected chi connectivity index (χ3v) is 2.61. The van der Waals surface area contributed by atoms with Gasteiger partial charge < -0.3 is 9.90 Å². The summed E-state index contributed by atoms with van der Waals surface area (Å²) in [6.07, 6.45) is 13.4. The highest BCUT2D eigenvalue weighted by molar-refractivity contribution is 5.60. The monoisotopic (exact) mass is 239 g/mol. The van der Waals surface area contributed by atoms with Gasteiger partial charge in [0.25, 0.3) is 0 Å². The highest BCUT2D eigenvalue weighted by Gasteiger charge is 2.14. The standard InChI is InChI=1S/C12H21N.C2H4O2/c1-3-5-8-12-9-7-11-13(12)10-6-4-2;1-2(3)4/h7,9,11H,3-6,8,10H2,1-2H3;1H3,(H,3,4). The van der Waals surface area contributed by atoms with E-state index in [0.29, 0.717) is 0 Å². The summed E-state index contributed by atoms with van der Waals surface area (Å²) < 4.78 is 0. The highest BCUT2D eigenvalue weighted by atomic mass is 16.4. The zero-order valence-electron chi connectivity index (χ0n) is 11.3. The maximum Gasteiger partial charge on any atom is 0.112 e. The Kier molecular flexibility index (Phi) is 9.44. The Bertz CT molecular complexity index is 265. The van der Waals surface area contributed by atoms with Crippen molar-refractivity contribution >= 4 is 5.97 Å². The van der Waals surface area contributed by atoms with E-state index in [1.54, 1.807) is 10.6 Å². The van der Waals surface area contributed by atoms with Crippen LogP contribution in [-0.4, -0.2) is 12.5 Å². The number of aliphatic carboxylic acids is 1. The second-order valence-corrected chi connectivity index (χ2v) is 4.27. The number of carbonyl (C=O) groups excluding carboxylic acids is 1. The number of carbonyl (C=O) groups is 1. The average Bonchev–Trinajstić information content (AvgIpc) is 2.70. The molecule has 1 unspecified atom stereocenters. The van der Waals surface area contributed by atoms with E-state index in [2.05, 4.69) is 32.2 Å². The van der Waals surface area contributed by atoms with Gasteiger partial charge in [0.1, 0.15) is 5.70 Å². The number of quaternary nitrogens is 1. The second-order valence-electron chi connectivity index (χ2n) is 4.27. The maximum atomic E-state index is 8.89. The van der Waals surface area contributed by atoms with E-state index in [4.69, 9.17) is 9.90 Å². The maximum absolute atomic E-state index is 8.89. The Labute approximate surface area is 105 Å². The SMILES string of the molecule is CC(=O)[O-].CCCCC1=CC=C[NH+]1CCCC. The number of allylic oxidation sites excluding steroid dienone is 3. The fourth-order valence-corrected chi connectivity index (χ4v) is 1.72. The van der Waals surface area contributed by atoms with Gasteiger partial charge in [-0.2, -0.15) is 0 Å². The van der Waals surface area contributed by atoms with Gasteiger partial charge in [-0.25, -0.2) is 0 Å². The van der Waals surface area contributed by atoms with Crippen LogP contribution in [0.3, 0.4) is 0 Å². The highest BCUT2D eigenvalue weighted by Crippen LogP contribution is 2.04. The second kappa shape index (κ2) is 10.1. The van der Waals surface area contributed by atoms with Gasteiger partial charge in [-0.3, -0.25) is 4.90 Å². The van der Waals surface area contributed by atoms with Crippen LogP contribution in [0.5, 0.6) is 0 Å². The summed E-state index contributed by atoms with van der Waals surface area (Å²) in [7, 11) is 0. The fraction of sp³-hybridized carbons (Fsp3) is 0.643. The van der Waals surface area contributed by atoms with Crippen molar-refractivity contribution in [3.05, 3.63) is 24.0 Å². The van der Waals surface area contributed by atoms with E-state index in [9.17, 15) is 0 Å². The number of carboxylic acids is 1. The minimum Gasteiger partial charge on any atom is -0.550 e. The predicted molar refractivity (Wildman–Crippen MR) is 68.2 cm³/mol. The van der Waals surface area contributed by atoms with Crippen LogP contribution in [0.4, 0.5) is 0 Å². The van der Waals surface area contributed by atoms with Crippen LogP contribution in [-0.2, 0) is 4.79 Å². The van der Waals surface area contributed by atoms with E-state index in [0.717, 1.165) is 6.92 Å². The van der Waals surface area contributed by atoms with E-state index >= 15 is 0 Å². The molecule has 1 N–H and O–H groups in total. The third-order valence-electron chi connectivity index (χ3n) is 2.61. The molecular weight excluding hydrogens is 214 g/mol. The van der Waals surface area contributed by atoms with Crippen LogP contribution in [0.1, 0.15) is 52.9 Å². The molecule has 0 radical (unpaired) electrons. The van der Waals surface area contributed by atoms with Crippen molar-refractivity contribution in [1.29, 1.82) is 0 Å². The summed E-state index contributed by atoms with van der Waals surface area (Å²) in [5.74, 6) is -1.08. The molecule has 1 atom stereocenters. The predicted octanol–water partition coefficient (Wildman–Crippen LogP) is 1.03. The third kappa shape index (κ3) is 8.69. The van der Waals surface area contributed by atoms with E-state index in [-0.39, 0.29) is 0 Å².